The first-order valence-electron chi connectivity index (χ1n) is 8.55. The Bertz CT molecular complexity index is 624. The number of ketones is 1. The van der Waals surface area contributed by atoms with Gasteiger partial charge in [-0.15, -0.1) is 6.58 Å². The molecule has 1 rings (SSSR count). The van der Waals surface area contributed by atoms with Gasteiger partial charge in [0.2, 0.25) is 0 Å². The first-order valence-corrected chi connectivity index (χ1v) is 8.55. The highest BCUT2D eigenvalue weighted by molar-refractivity contribution is 6.21. The maximum atomic E-state index is 12.5. The van der Waals surface area contributed by atoms with E-state index in [0.717, 1.165) is 5.56 Å². The van der Waals surface area contributed by atoms with E-state index >= 15 is 0 Å². The lowest BCUT2D eigenvalue weighted by Crippen LogP contribution is -2.41. The molecule has 0 aliphatic rings. The van der Waals surface area contributed by atoms with E-state index in [4.69, 9.17) is 4.74 Å². The van der Waals surface area contributed by atoms with Crippen molar-refractivity contribution < 1.29 is 14.3 Å². The van der Waals surface area contributed by atoms with Crippen molar-refractivity contribution in [2.75, 3.05) is 0 Å². The summed E-state index contributed by atoms with van der Waals surface area (Å²) in [6.45, 7) is 13.1. The van der Waals surface area contributed by atoms with E-state index in [1.165, 1.54) is 0 Å². The second kappa shape index (κ2) is 9.21. The minimum absolute atomic E-state index is 0.0298. The second-order valence-electron chi connectivity index (χ2n) is 7.28. The van der Waals surface area contributed by atoms with Crippen LogP contribution in [0.1, 0.15) is 46.6 Å². The first-order chi connectivity index (χ1) is 11.6. The monoisotopic (exact) mass is 343 g/mol. The SMILES string of the molecule is C=CCC(=O)/C(=C/C(NC(=O)OC(C)(C)C)C(C)C)c1ccccc1. The maximum Gasteiger partial charge on any atom is 0.408 e. The molecule has 4 nitrogen and oxygen atoms in total. The summed E-state index contributed by atoms with van der Waals surface area (Å²) >= 11 is 0. The van der Waals surface area contributed by atoms with Gasteiger partial charge in [0, 0.05) is 12.0 Å². The minimum atomic E-state index is -0.573. The zero-order valence-electron chi connectivity index (χ0n) is 15.8. The van der Waals surface area contributed by atoms with Gasteiger partial charge in [0.25, 0.3) is 0 Å². The topological polar surface area (TPSA) is 55.4 Å². The van der Waals surface area contributed by atoms with Crippen LogP contribution in [0.3, 0.4) is 0 Å². The molecule has 4 heteroatoms. The van der Waals surface area contributed by atoms with Gasteiger partial charge in [0.1, 0.15) is 5.60 Å². The van der Waals surface area contributed by atoms with Gasteiger partial charge >= 0.3 is 6.09 Å². The molecule has 0 radical (unpaired) electrons. The number of ether oxygens (including phenoxy) is 1. The van der Waals surface area contributed by atoms with E-state index in [1.807, 2.05) is 71.0 Å². The van der Waals surface area contributed by atoms with Crippen molar-refractivity contribution in [3.05, 3.63) is 54.6 Å². The van der Waals surface area contributed by atoms with Crippen LogP contribution in [0.25, 0.3) is 5.57 Å². The summed E-state index contributed by atoms with van der Waals surface area (Å²) in [4.78, 5) is 24.7. The molecule has 0 aromatic heterocycles. The van der Waals surface area contributed by atoms with E-state index in [0.29, 0.717) is 5.57 Å². The minimum Gasteiger partial charge on any atom is -0.444 e. The molecule has 1 atom stereocenters. The van der Waals surface area contributed by atoms with Gasteiger partial charge in [-0.1, -0.05) is 56.3 Å². The van der Waals surface area contributed by atoms with Crippen molar-refractivity contribution in [1.82, 2.24) is 5.32 Å². The van der Waals surface area contributed by atoms with Crippen molar-refractivity contribution in [3.8, 4) is 0 Å². The van der Waals surface area contributed by atoms with Crippen molar-refractivity contribution in [2.24, 2.45) is 5.92 Å². The maximum absolute atomic E-state index is 12.5. The third kappa shape index (κ3) is 7.38. The van der Waals surface area contributed by atoms with Crippen LogP contribution in [0.4, 0.5) is 4.79 Å². The molecule has 136 valence electrons. The first kappa shape index (κ1) is 20.7. The molecule has 1 unspecified atom stereocenters. The predicted molar refractivity (Wildman–Crippen MR) is 102 cm³/mol. The molecular formula is C21H29NO3. The molecule has 0 bridgehead atoms. The molecule has 0 aliphatic carbocycles. The Hall–Kier alpha value is -2.36. The number of carbonyl (C=O) groups excluding carboxylic acids is 2. The Labute approximate surface area is 151 Å². The molecule has 0 heterocycles. The molecule has 0 saturated carbocycles. The standard InChI is InChI=1S/C21H29NO3/c1-7-11-19(23)17(16-12-9-8-10-13-16)14-18(15(2)3)22-20(24)25-21(4,5)6/h7-10,12-15,18H,1,11H2,2-6H3,(H,22,24)/b17-14+. The average Bonchev–Trinajstić information content (AvgIpc) is 2.50. The van der Waals surface area contributed by atoms with Gasteiger partial charge in [0.15, 0.2) is 5.78 Å². The normalized spacial score (nSPS) is 13.3. The van der Waals surface area contributed by atoms with Crippen LogP contribution < -0.4 is 5.32 Å². The van der Waals surface area contributed by atoms with Crippen LogP contribution >= 0.6 is 0 Å². The summed E-state index contributed by atoms with van der Waals surface area (Å²) in [6, 6.07) is 9.12. The predicted octanol–water partition coefficient (Wildman–Crippen LogP) is 4.76. The quantitative estimate of drug-likeness (QED) is 0.573. The largest absolute Gasteiger partial charge is 0.444 e. The second-order valence-corrected chi connectivity index (χ2v) is 7.28. The Balaban J connectivity index is 3.14. The zero-order valence-corrected chi connectivity index (χ0v) is 15.8. The van der Waals surface area contributed by atoms with Crippen LogP contribution in [0.15, 0.2) is 49.1 Å². The van der Waals surface area contributed by atoms with Crippen LogP contribution in [-0.2, 0) is 9.53 Å². The van der Waals surface area contributed by atoms with Crippen LogP contribution in [-0.4, -0.2) is 23.5 Å². The van der Waals surface area contributed by atoms with Gasteiger partial charge in [-0.2, -0.15) is 0 Å². The van der Waals surface area contributed by atoms with E-state index in [1.54, 1.807) is 6.08 Å². The summed E-state index contributed by atoms with van der Waals surface area (Å²) in [7, 11) is 0. The van der Waals surface area contributed by atoms with E-state index in [2.05, 4.69) is 11.9 Å². The molecule has 1 N–H and O–H groups in total. The molecule has 0 aliphatic heterocycles. The zero-order chi connectivity index (χ0) is 19.0. The fraction of sp³-hybridized carbons (Fsp3) is 0.429. The van der Waals surface area contributed by atoms with Gasteiger partial charge in [-0.25, -0.2) is 4.79 Å². The number of carbonyl (C=O) groups is 2. The molecule has 0 saturated heterocycles. The summed E-state index contributed by atoms with van der Waals surface area (Å²) in [5, 5.41) is 2.85. The van der Waals surface area contributed by atoms with Crippen LogP contribution in [0.2, 0.25) is 0 Å². The smallest absolute Gasteiger partial charge is 0.408 e. The molecule has 0 fully saturated rings. The Morgan fingerprint density at radius 1 is 1.20 bits per heavy atom. The average molecular weight is 343 g/mol. The lowest BCUT2D eigenvalue weighted by Gasteiger charge is -2.24. The number of Topliss-reactive ketones (excluding diaryl/α,β-unsaturated/α-hetero) is 1. The number of benzene rings is 1. The van der Waals surface area contributed by atoms with Crippen molar-refractivity contribution in [3.63, 3.8) is 0 Å². The molecule has 25 heavy (non-hydrogen) atoms. The highest BCUT2D eigenvalue weighted by Crippen LogP contribution is 2.20. The number of hydrogen-bond acceptors (Lipinski definition) is 3. The Morgan fingerprint density at radius 2 is 1.80 bits per heavy atom. The molecule has 1 amide bonds. The van der Waals surface area contributed by atoms with Crippen LogP contribution in [0.5, 0.6) is 0 Å². The van der Waals surface area contributed by atoms with E-state index in [-0.39, 0.29) is 24.2 Å². The molecule has 1 aromatic carbocycles. The fourth-order valence-electron chi connectivity index (χ4n) is 2.23. The number of rotatable bonds is 7. The van der Waals surface area contributed by atoms with Gasteiger partial charge in [-0.05, 0) is 32.3 Å². The Morgan fingerprint density at radius 3 is 2.28 bits per heavy atom. The molecule has 1 aromatic rings. The summed E-state index contributed by atoms with van der Waals surface area (Å²) < 4.78 is 5.33. The number of alkyl carbamates (subject to hydrolysis) is 1. The lowest BCUT2D eigenvalue weighted by molar-refractivity contribution is -0.113. The number of allylic oxidation sites excluding steroid dienone is 2. The number of hydrogen-bond donors (Lipinski definition) is 1. The van der Waals surface area contributed by atoms with E-state index in [9.17, 15) is 9.59 Å². The summed E-state index contributed by atoms with van der Waals surface area (Å²) in [6.07, 6.45) is 3.16. The third-order valence-corrected chi connectivity index (χ3v) is 3.46. The molecular weight excluding hydrogens is 314 g/mol. The van der Waals surface area contributed by atoms with Gasteiger partial charge in [-0.3, -0.25) is 4.79 Å². The highest BCUT2D eigenvalue weighted by atomic mass is 16.6. The fourth-order valence-corrected chi connectivity index (χ4v) is 2.23. The third-order valence-electron chi connectivity index (χ3n) is 3.46. The van der Waals surface area contributed by atoms with Gasteiger partial charge < -0.3 is 10.1 Å². The molecule has 0 spiro atoms. The van der Waals surface area contributed by atoms with E-state index < -0.39 is 11.7 Å². The number of amides is 1. The van der Waals surface area contributed by atoms with Crippen molar-refractivity contribution in [1.29, 1.82) is 0 Å². The van der Waals surface area contributed by atoms with Crippen molar-refractivity contribution in [2.45, 2.75) is 52.7 Å². The summed E-state index contributed by atoms with van der Waals surface area (Å²) in [5.74, 6) is 0.0700. The van der Waals surface area contributed by atoms with Crippen LogP contribution in [0, 0.1) is 5.92 Å². The Kier molecular flexibility index (Phi) is 7.62. The van der Waals surface area contributed by atoms with Gasteiger partial charge in [0.05, 0.1) is 6.04 Å². The lowest BCUT2D eigenvalue weighted by atomic mass is 9.94. The number of nitrogens with one attached hydrogen (secondary N) is 1. The van der Waals surface area contributed by atoms with Crippen molar-refractivity contribution >= 4 is 17.4 Å². The summed E-state index contributed by atoms with van der Waals surface area (Å²) in [5.41, 5.74) is 0.831. The highest BCUT2D eigenvalue weighted by Gasteiger charge is 2.22.